The van der Waals surface area contributed by atoms with Crippen LogP contribution in [0.15, 0.2) is 47.5 Å². The number of para-hydroxylation sites is 1. The molecular formula is C23H26N4O5. The van der Waals surface area contributed by atoms with Crippen LogP contribution < -0.4 is 25.9 Å². The fourth-order valence-electron chi connectivity index (χ4n) is 3.10. The molecule has 0 aliphatic heterocycles. The second-order valence-corrected chi connectivity index (χ2v) is 7.22. The van der Waals surface area contributed by atoms with Crippen molar-refractivity contribution in [3.8, 4) is 11.5 Å². The molecule has 3 aromatic rings. The van der Waals surface area contributed by atoms with Gasteiger partial charge in [-0.05, 0) is 43.2 Å². The van der Waals surface area contributed by atoms with Crippen LogP contribution in [0, 0.1) is 6.92 Å². The molecule has 3 rings (SSSR count). The lowest BCUT2D eigenvalue weighted by atomic mass is 10.1. The highest BCUT2D eigenvalue weighted by Crippen LogP contribution is 2.28. The van der Waals surface area contributed by atoms with E-state index in [9.17, 15) is 14.4 Å². The minimum absolute atomic E-state index is 0.282. The number of fused-ring (bicyclic) bond motifs is 1. The van der Waals surface area contributed by atoms with Crippen LogP contribution >= 0.6 is 0 Å². The Morgan fingerprint density at radius 2 is 1.94 bits per heavy atom. The SMILES string of the molecule is CCCCOc1ccc(C(=O)NNC(=O)Cn2cnc3c(C)cccc3c2=O)cc1OC. The smallest absolute Gasteiger partial charge is 0.269 e. The van der Waals surface area contributed by atoms with Crippen molar-refractivity contribution in [2.75, 3.05) is 13.7 Å². The molecule has 0 aliphatic carbocycles. The van der Waals surface area contributed by atoms with Gasteiger partial charge in [0.1, 0.15) is 6.54 Å². The fraction of sp³-hybridized carbons (Fsp3) is 0.304. The second kappa shape index (κ2) is 10.4. The van der Waals surface area contributed by atoms with E-state index >= 15 is 0 Å². The van der Waals surface area contributed by atoms with E-state index in [2.05, 4.69) is 22.8 Å². The van der Waals surface area contributed by atoms with Crippen molar-refractivity contribution in [1.29, 1.82) is 0 Å². The minimum Gasteiger partial charge on any atom is -0.493 e. The first-order chi connectivity index (χ1) is 15.4. The number of hydrogen-bond acceptors (Lipinski definition) is 6. The number of ether oxygens (including phenoxy) is 2. The van der Waals surface area contributed by atoms with Gasteiger partial charge in [0.25, 0.3) is 17.4 Å². The standard InChI is InChI=1S/C23H26N4O5/c1-4-5-11-32-18-10-9-16(12-19(18)31-3)22(29)26-25-20(28)13-27-14-24-21-15(2)7-6-8-17(21)23(27)30/h6-10,12,14H,4-5,11,13H2,1-3H3,(H,25,28)(H,26,29). The summed E-state index contributed by atoms with van der Waals surface area (Å²) >= 11 is 0. The Labute approximate surface area is 185 Å². The molecule has 1 aromatic heterocycles. The molecule has 0 atom stereocenters. The van der Waals surface area contributed by atoms with Gasteiger partial charge in [-0.25, -0.2) is 4.98 Å². The summed E-state index contributed by atoms with van der Waals surface area (Å²) in [5.74, 6) is -0.138. The molecule has 2 N–H and O–H groups in total. The van der Waals surface area contributed by atoms with Crippen molar-refractivity contribution in [2.45, 2.75) is 33.2 Å². The molecule has 2 amide bonds. The third-order valence-corrected chi connectivity index (χ3v) is 4.87. The van der Waals surface area contributed by atoms with Gasteiger partial charge in [-0.1, -0.05) is 25.5 Å². The lowest BCUT2D eigenvalue weighted by Gasteiger charge is -2.13. The van der Waals surface area contributed by atoms with Gasteiger partial charge in [-0.3, -0.25) is 29.8 Å². The van der Waals surface area contributed by atoms with Crippen LogP contribution in [0.4, 0.5) is 0 Å². The number of rotatable bonds is 8. The van der Waals surface area contributed by atoms with Gasteiger partial charge in [0.2, 0.25) is 0 Å². The molecule has 0 unspecified atom stereocenters. The van der Waals surface area contributed by atoms with Crippen molar-refractivity contribution < 1.29 is 19.1 Å². The van der Waals surface area contributed by atoms with Crippen LogP contribution in [0.3, 0.4) is 0 Å². The number of amides is 2. The van der Waals surface area contributed by atoms with Gasteiger partial charge < -0.3 is 9.47 Å². The van der Waals surface area contributed by atoms with Crippen molar-refractivity contribution in [3.63, 3.8) is 0 Å². The Bertz CT molecular complexity index is 1190. The third kappa shape index (κ3) is 5.23. The number of benzene rings is 2. The zero-order chi connectivity index (χ0) is 23.1. The largest absolute Gasteiger partial charge is 0.493 e. The topological polar surface area (TPSA) is 112 Å². The molecule has 1 heterocycles. The molecule has 0 aliphatic rings. The summed E-state index contributed by atoms with van der Waals surface area (Å²) < 4.78 is 12.1. The predicted octanol–water partition coefficient (Wildman–Crippen LogP) is 2.35. The Balaban J connectivity index is 1.62. The summed E-state index contributed by atoms with van der Waals surface area (Å²) in [6, 6.07) is 10.0. The number of nitrogens with one attached hydrogen (secondary N) is 2. The summed E-state index contributed by atoms with van der Waals surface area (Å²) in [7, 11) is 1.49. The van der Waals surface area contributed by atoms with Crippen molar-refractivity contribution in [1.82, 2.24) is 20.4 Å². The Morgan fingerprint density at radius 1 is 1.12 bits per heavy atom. The van der Waals surface area contributed by atoms with Gasteiger partial charge in [-0.15, -0.1) is 0 Å². The zero-order valence-electron chi connectivity index (χ0n) is 18.3. The van der Waals surface area contributed by atoms with E-state index in [1.165, 1.54) is 24.1 Å². The van der Waals surface area contributed by atoms with Gasteiger partial charge in [-0.2, -0.15) is 0 Å². The monoisotopic (exact) mass is 438 g/mol. The first-order valence-corrected chi connectivity index (χ1v) is 10.3. The van der Waals surface area contributed by atoms with Gasteiger partial charge in [0, 0.05) is 5.56 Å². The highest BCUT2D eigenvalue weighted by molar-refractivity contribution is 5.96. The molecule has 2 aromatic carbocycles. The fourth-order valence-corrected chi connectivity index (χ4v) is 3.10. The van der Waals surface area contributed by atoms with Gasteiger partial charge in [0.05, 0.1) is 30.9 Å². The molecule has 0 radical (unpaired) electrons. The second-order valence-electron chi connectivity index (χ2n) is 7.22. The number of aryl methyl sites for hydroxylation is 1. The van der Waals surface area contributed by atoms with Crippen LogP contribution in [0.25, 0.3) is 10.9 Å². The van der Waals surface area contributed by atoms with Crippen LogP contribution in [-0.4, -0.2) is 35.1 Å². The van der Waals surface area contributed by atoms with E-state index < -0.39 is 11.8 Å². The number of hydrazine groups is 1. The average molecular weight is 438 g/mol. The van der Waals surface area contributed by atoms with Crippen LogP contribution in [0.2, 0.25) is 0 Å². The lowest BCUT2D eigenvalue weighted by Crippen LogP contribution is -2.44. The van der Waals surface area contributed by atoms with E-state index in [1.807, 2.05) is 13.0 Å². The molecule has 0 fully saturated rings. The van der Waals surface area contributed by atoms with E-state index in [1.54, 1.807) is 24.3 Å². The van der Waals surface area contributed by atoms with Crippen LogP contribution in [0.5, 0.6) is 11.5 Å². The van der Waals surface area contributed by atoms with Crippen LogP contribution in [-0.2, 0) is 11.3 Å². The van der Waals surface area contributed by atoms with Crippen LogP contribution in [0.1, 0.15) is 35.7 Å². The third-order valence-electron chi connectivity index (χ3n) is 4.87. The Hall–Kier alpha value is -3.88. The number of hydrogen-bond donors (Lipinski definition) is 2. The summed E-state index contributed by atoms with van der Waals surface area (Å²) in [5, 5.41) is 0.428. The quantitative estimate of drug-likeness (QED) is 0.413. The highest BCUT2D eigenvalue weighted by atomic mass is 16.5. The average Bonchev–Trinajstić information content (AvgIpc) is 2.80. The first-order valence-electron chi connectivity index (χ1n) is 10.3. The number of methoxy groups -OCH3 is 1. The number of carbonyl (C=O) groups is 2. The Kier molecular flexibility index (Phi) is 7.43. The summed E-state index contributed by atoms with van der Waals surface area (Å²) in [6.45, 7) is 4.19. The van der Waals surface area contributed by atoms with Crippen molar-refractivity contribution in [2.24, 2.45) is 0 Å². The number of unbranched alkanes of at least 4 members (excludes halogenated alkanes) is 1. The highest BCUT2D eigenvalue weighted by Gasteiger charge is 2.13. The zero-order valence-corrected chi connectivity index (χ0v) is 18.3. The molecule has 168 valence electrons. The molecule has 0 saturated carbocycles. The lowest BCUT2D eigenvalue weighted by molar-refractivity contribution is -0.122. The molecule has 0 bridgehead atoms. The van der Waals surface area contributed by atoms with E-state index in [4.69, 9.17) is 9.47 Å². The first kappa shape index (κ1) is 22.8. The maximum Gasteiger partial charge on any atom is 0.269 e. The van der Waals surface area contributed by atoms with E-state index in [0.717, 1.165) is 18.4 Å². The van der Waals surface area contributed by atoms with E-state index in [-0.39, 0.29) is 17.7 Å². The minimum atomic E-state index is -0.569. The maximum atomic E-state index is 12.6. The molecular weight excluding hydrogens is 412 g/mol. The van der Waals surface area contributed by atoms with Gasteiger partial charge in [0.15, 0.2) is 11.5 Å². The predicted molar refractivity (Wildman–Crippen MR) is 120 cm³/mol. The Morgan fingerprint density at radius 3 is 2.69 bits per heavy atom. The van der Waals surface area contributed by atoms with Crippen molar-refractivity contribution in [3.05, 3.63) is 64.2 Å². The molecule has 0 spiro atoms. The van der Waals surface area contributed by atoms with E-state index in [0.29, 0.717) is 29.0 Å². The van der Waals surface area contributed by atoms with Crippen molar-refractivity contribution >= 4 is 22.7 Å². The maximum absolute atomic E-state index is 12.6. The van der Waals surface area contributed by atoms with Gasteiger partial charge >= 0.3 is 0 Å². The summed E-state index contributed by atoms with van der Waals surface area (Å²) in [5.41, 5.74) is 6.07. The molecule has 0 saturated heterocycles. The number of aromatic nitrogens is 2. The molecule has 9 nitrogen and oxygen atoms in total. The number of carbonyl (C=O) groups excluding carboxylic acids is 2. The summed E-state index contributed by atoms with van der Waals surface area (Å²) in [6.07, 6.45) is 3.23. The molecule has 9 heteroatoms. The normalized spacial score (nSPS) is 10.6. The molecule has 32 heavy (non-hydrogen) atoms. The summed E-state index contributed by atoms with van der Waals surface area (Å²) in [4.78, 5) is 41.6. The number of nitrogens with zero attached hydrogens (tertiary/aromatic N) is 2.